The molecule has 0 aromatic heterocycles. The van der Waals surface area contributed by atoms with Crippen molar-refractivity contribution in [3.8, 4) is 11.5 Å². The molecule has 0 atom stereocenters. The van der Waals surface area contributed by atoms with Crippen molar-refractivity contribution in [1.29, 1.82) is 0 Å². The van der Waals surface area contributed by atoms with Crippen molar-refractivity contribution in [3.63, 3.8) is 0 Å². The maximum absolute atomic E-state index is 11.1. The van der Waals surface area contributed by atoms with Crippen molar-refractivity contribution in [2.24, 2.45) is 5.92 Å². The third-order valence-corrected chi connectivity index (χ3v) is 2.43. The van der Waals surface area contributed by atoms with Crippen LogP contribution < -0.4 is 14.8 Å². The number of likely N-dealkylation sites (N-methyl/N-ethyl adjacent to an activating group) is 1. The first-order valence-electron chi connectivity index (χ1n) is 6.27. The van der Waals surface area contributed by atoms with Crippen LogP contribution in [0.3, 0.4) is 0 Å². The fraction of sp³-hybridized carbons (Fsp3) is 0.400. The number of carbonyl (C=O) groups excluding carboxylic acids is 1. The highest BCUT2D eigenvalue weighted by Crippen LogP contribution is 2.28. The minimum Gasteiger partial charge on any atom is -0.493 e. The third kappa shape index (κ3) is 5.04. The SMILES string of the molecule is CNC(=O)/C=C/c1ccc(OCC(C)C)c(OC)c1. The van der Waals surface area contributed by atoms with Crippen LogP contribution >= 0.6 is 0 Å². The smallest absolute Gasteiger partial charge is 0.243 e. The van der Waals surface area contributed by atoms with Crippen molar-refractivity contribution >= 4 is 12.0 Å². The maximum Gasteiger partial charge on any atom is 0.243 e. The summed E-state index contributed by atoms with van der Waals surface area (Å²) in [7, 11) is 3.19. The highest BCUT2D eigenvalue weighted by molar-refractivity contribution is 5.91. The summed E-state index contributed by atoms with van der Waals surface area (Å²) in [6, 6.07) is 5.58. The summed E-state index contributed by atoms with van der Waals surface area (Å²) in [5.41, 5.74) is 0.886. The lowest BCUT2D eigenvalue weighted by Gasteiger charge is -2.12. The van der Waals surface area contributed by atoms with Gasteiger partial charge in [0.05, 0.1) is 13.7 Å². The fourth-order valence-electron chi connectivity index (χ4n) is 1.42. The van der Waals surface area contributed by atoms with E-state index in [1.165, 1.54) is 6.08 Å². The number of hydrogen-bond acceptors (Lipinski definition) is 3. The topological polar surface area (TPSA) is 47.6 Å². The molecule has 19 heavy (non-hydrogen) atoms. The summed E-state index contributed by atoms with van der Waals surface area (Å²) < 4.78 is 11.0. The quantitative estimate of drug-likeness (QED) is 0.802. The number of carbonyl (C=O) groups is 1. The van der Waals surface area contributed by atoms with Gasteiger partial charge in [0.2, 0.25) is 5.91 Å². The van der Waals surface area contributed by atoms with Crippen molar-refractivity contribution in [2.75, 3.05) is 20.8 Å². The van der Waals surface area contributed by atoms with Gasteiger partial charge in [-0.05, 0) is 29.7 Å². The molecule has 1 aromatic rings. The van der Waals surface area contributed by atoms with Gasteiger partial charge in [0, 0.05) is 13.1 Å². The van der Waals surface area contributed by atoms with Crippen molar-refractivity contribution in [3.05, 3.63) is 29.8 Å². The van der Waals surface area contributed by atoms with E-state index in [4.69, 9.17) is 9.47 Å². The van der Waals surface area contributed by atoms with Gasteiger partial charge in [-0.2, -0.15) is 0 Å². The molecule has 0 saturated heterocycles. The number of rotatable bonds is 6. The monoisotopic (exact) mass is 263 g/mol. The van der Waals surface area contributed by atoms with E-state index >= 15 is 0 Å². The molecule has 4 nitrogen and oxygen atoms in total. The van der Waals surface area contributed by atoms with Gasteiger partial charge in [-0.15, -0.1) is 0 Å². The number of nitrogens with one attached hydrogen (secondary N) is 1. The summed E-state index contributed by atoms with van der Waals surface area (Å²) in [6.07, 6.45) is 3.21. The lowest BCUT2D eigenvalue weighted by molar-refractivity contribution is -0.115. The lowest BCUT2D eigenvalue weighted by Crippen LogP contribution is -2.13. The largest absolute Gasteiger partial charge is 0.493 e. The number of ether oxygens (including phenoxy) is 2. The van der Waals surface area contributed by atoms with Crippen molar-refractivity contribution in [1.82, 2.24) is 5.32 Å². The van der Waals surface area contributed by atoms with Crippen LogP contribution in [-0.4, -0.2) is 26.7 Å². The molecule has 0 fully saturated rings. The van der Waals surface area contributed by atoms with E-state index in [9.17, 15) is 4.79 Å². The van der Waals surface area contributed by atoms with Crippen LogP contribution in [-0.2, 0) is 4.79 Å². The number of hydrogen-bond donors (Lipinski definition) is 1. The van der Waals surface area contributed by atoms with Crippen LogP contribution in [0.15, 0.2) is 24.3 Å². The second-order valence-corrected chi connectivity index (χ2v) is 4.56. The van der Waals surface area contributed by atoms with Crippen molar-refractivity contribution in [2.45, 2.75) is 13.8 Å². The molecule has 0 aliphatic carbocycles. The minimum atomic E-state index is -0.140. The Morgan fingerprint density at radius 3 is 2.68 bits per heavy atom. The molecule has 0 aliphatic rings. The van der Waals surface area contributed by atoms with Crippen LogP contribution in [0.1, 0.15) is 19.4 Å². The average Bonchev–Trinajstić information content (AvgIpc) is 2.42. The molecule has 1 rings (SSSR count). The second-order valence-electron chi connectivity index (χ2n) is 4.56. The molecule has 4 heteroatoms. The van der Waals surface area contributed by atoms with Gasteiger partial charge in [0.15, 0.2) is 11.5 Å². The zero-order chi connectivity index (χ0) is 14.3. The van der Waals surface area contributed by atoms with E-state index in [1.54, 1.807) is 20.2 Å². The molecular weight excluding hydrogens is 242 g/mol. The summed E-state index contributed by atoms with van der Waals surface area (Å²) in [5.74, 6) is 1.70. The van der Waals surface area contributed by atoms with Crippen molar-refractivity contribution < 1.29 is 14.3 Å². The van der Waals surface area contributed by atoms with Crippen LogP contribution in [0.5, 0.6) is 11.5 Å². The molecule has 1 aromatic carbocycles. The van der Waals surface area contributed by atoms with E-state index in [0.717, 1.165) is 5.56 Å². The van der Waals surface area contributed by atoms with Crippen LogP contribution in [0.25, 0.3) is 6.08 Å². The number of methoxy groups -OCH3 is 1. The number of benzene rings is 1. The van der Waals surface area contributed by atoms with E-state index < -0.39 is 0 Å². The molecule has 0 radical (unpaired) electrons. The van der Waals surface area contributed by atoms with Gasteiger partial charge < -0.3 is 14.8 Å². The molecule has 104 valence electrons. The molecule has 0 unspecified atom stereocenters. The Balaban J connectivity index is 2.83. The van der Waals surface area contributed by atoms with E-state index in [-0.39, 0.29) is 5.91 Å². The Labute approximate surface area is 114 Å². The van der Waals surface area contributed by atoms with Gasteiger partial charge in [-0.1, -0.05) is 19.9 Å². The average molecular weight is 263 g/mol. The highest BCUT2D eigenvalue weighted by Gasteiger charge is 2.05. The van der Waals surface area contributed by atoms with Crippen LogP contribution in [0.2, 0.25) is 0 Å². The standard InChI is InChI=1S/C15H21NO3/c1-11(2)10-19-13-7-5-12(9-14(13)18-4)6-8-15(17)16-3/h5-9,11H,10H2,1-4H3,(H,16,17)/b8-6+. The van der Waals surface area contributed by atoms with E-state index in [1.807, 2.05) is 18.2 Å². The molecule has 1 amide bonds. The lowest BCUT2D eigenvalue weighted by atomic mass is 10.2. The Kier molecular flexibility index (Phi) is 5.93. The van der Waals surface area contributed by atoms with Crippen LogP contribution in [0.4, 0.5) is 0 Å². The van der Waals surface area contributed by atoms with E-state index in [0.29, 0.717) is 24.0 Å². The molecule has 0 bridgehead atoms. The fourth-order valence-corrected chi connectivity index (χ4v) is 1.42. The first-order valence-corrected chi connectivity index (χ1v) is 6.27. The molecule has 1 N–H and O–H groups in total. The zero-order valence-corrected chi connectivity index (χ0v) is 11.9. The minimum absolute atomic E-state index is 0.140. The predicted molar refractivity (Wildman–Crippen MR) is 76.4 cm³/mol. The second kappa shape index (κ2) is 7.46. The normalized spacial score (nSPS) is 10.8. The summed E-state index contributed by atoms with van der Waals surface area (Å²) in [5, 5.41) is 2.53. The Morgan fingerprint density at radius 1 is 1.37 bits per heavy atom. The number of amides is 1. The summed E-state index contributed by atoms with van der Waals surface area (Å²) in [6.45, 7) is 4.82. The first-order chi connectivity index (χ1) is 9.06. The van der Waals surface area contributed by atoms with Gasteiger partial charge in [-0.3, -0.25) is 4.79 Å². The zero-order valence-electron chi connectivity index (χ0n) is 11.9. The van der Waals surface area contributed by atoms with E-state index in [2.05, 4.69) is 19.2 Å². The first kappa shape index (κ1) is 15.1. The molecule has 0 aliphatic heterocycles. The molecule has 0 spiro atoms. The van der Waals surface area contributed by atoms with Gasteiger partial charge >= 0.3 is 0 Å². The Bertz CT molecular complexity index is 453. The van der Waals surface area contributed by atoms with Gasteiger partial charge in [0.1, 0.15) is 0 Å². The predicted octanol–water partition coefficient (Wildman–Crippen LogP) is 2.49. The highest BCUT2D eigenvalue weighted by atomic mass is 16.5. The summed E-state index contributed by atoms with van der Waals surface area (Å²) >= 11 is 0. The molecule has 0 saturated carbocycles. The Morgan fingerprint density at radius 2 is 2.11 bits per heavy atom. The van der Waals surface area contributed by atoms with Crippen LogP contribution in [0, 0.1) is 5.92 Å². The van der Waals surface area contributed by atoms with Gasteiger partial charge in [0.25, 0.3) is 0 Å². The van der Waals surface area contributed by atoms with Gasteiger partial charge in [-0.25, -0.2) is 0 Å². The molecule has 0 heterocycles. The maximum atomic E-state index is 11.1. The Hall–Kier alpha value is -1.97. The molecular formula is C15H21NO3. The third-order valence-electron chi connectivity index (χ3n) is 2.43. The summed E-state index contributed by atoms with van der Waals surface area (Å²) in [4.78, 5) is 11.1.